The highest BCUT2D eigenvalue weighted by molar-refractivity contribution is 6.04. The van der Waals surface area contributed by atoms with Crippen molar-refractivity contribution in [2.45, 2.75) is 20.3 Å². The van der Waals surface area contributed by atoms with E-state index in [1.165, 1.54) is 0 Å². The summed E-state index contributed by atoms with van der Waals surface area (Å²) in [5.74, 6) is -0.407. The molecule has 0 bridgehead atoms. The molecule has 1 aliphatic rings. The minimum absolute atomic E-state index is 0.117. The molecule has 2 rings (SSSR count). The Morgan fingerprint density at radius 1 is 1.20 bits per heavy atom. The lowest BCUT2D eigenvalue weighted by Crippen LogP contribution is -2.42. The standard InChI is InChI=1S/C15H20N2O3/c1-11-4-3-5-12(2)15(11)16-13(18)10-14(19)17-6-8-20-9-7-17/h3-5H,6-10H2,1-2H3,(H,16,18). The number of carbonyl (C=O) groups excluding carboxylic acids is 2. The van der Waals surface area contributed by atoms with Gasteiger partial charge in [0.25, 0.3) is 0 Å². The lowest BCUT2D eigenvalue weighted by molar-refractivity contribution is -0.138. The number of para-hydroxylation sites is 1. The number of nitrogens with zero attached hydrogens (tertiary/aromatic N) is 1. The van der Waals surface area contributed by atoms with E-state index in [-0.39, 0.29) is 18.2 Å². The first-order chi connectivity index (χ1) is 9.58. The van der Waals surface area contributed by atoms with E-state index in [4.69, 9.17) is 4.74 Å². The van der Waals surface area contributed by atoms with Crippen LogP contribution in [-0.2, 0) is 14.3 Å². The van der Waals surface area contributed by atoms with E-state index in [0.717, 1.165) is 16.8 Å². The fourth-order valence-corrected chi connectivity index (χ4v) is 2.26. The number of aryl methyl sites for hydroxylation is 2. The zero-order chi connectivity index (χ0) is 14.5. The minimum Gasteiger partial charge on any atom is -0.378 e. The third-order valence-corrected chi connectivity index (χ3v) is 3.42. The van der Waals surface area contributed by atoms with E-state index in [2.05, 4.69) is 5.32 Å². The summed E-state index contributed by atoms with van der Waals surface area (Å²) in [6.45, 7) is 6.10. The second kappa shape index (κ2) is 6.52. The number of ether oxygens (including phenoxy) is 1. The maximum absolute atomic E-state index is 12.0. The van der Waals surface area contributed by atoms with E-state index in [1.54, 1.807) is 4.90 Å². The molecule has 5 nitrogen and oxygen atoms in total. The van der Waals surface area contributed by atoms with Crippen LogP contribution in [0.4, 0.5) is 5.69 Å². The summed E-state index contributed by atoms with van der Waals surface area (Å²) in [5.41, 5.74) is 2.79. The molecule has 5 heteroatoms. The van der Waals surface area contributed by atoms with Gasteiger partial charge in [-0.3, -0.25) is 9.59 Å². The van der Waals surface area contributed by atoms with Gasteiger partial charge in [0.2, 0.25) is 11.8 Å². The lowest BCUT2D eigenvalue weighted by Gasteiger charge is -2.26. The molecule has 1 aliphatic heterocycles. The van der Waals surface area contributed by atoms with Gasteiger partial charge in [-0.1, -0.05) is 18.2 Å². The normalized spacial score (nSPS) is 15.0. The van der Waals surface area contributed by atoms with Crippen LogP contribution in [0.3, 0.4) is 0 Å². The molecule has 108 valence electrons. The van der Waals surface area contributed by atoms with Crippen molar-refractivity contribution in [1.82, 2.24) is 4.90 Å². The predicted molar refractivity (Wildman–Crippen MR) is 76.6 cm³/mol. The van der Waals surface area contributed by atoms with Gasteiger partial charge < -0.3 is 15.0 Å². The molecule has 1 heterocycles. The smallest absolute Gasteiger partial charge is 0.233 e. The molecule has 20 heavy (non-hydrogen) atoms. The largest absolute Gasteiger partial charge is 0.378 e. The minimum atomic E-state index is -0.265. The molecule has 1 fully saturated rings. The molecule has 0 aliphatic carbocycles. The van der Waals surface area contributed by atoms with Crippen molar-refractivity contribution >= 4 is 17.5 Å². The number of hydrogen-bond donors (Lipinski definition) is 1. The van der Waals surface area contributed by atoms with Gasteiger partial charge in [-0.15, -0.1) is 0 Å². The molecule has 1 N–H and O–H groups in total. The van der Waals surface area contributed by atoms with Crippen molar-refractivity contribution in [2.24, 2.45) is 0 Å². The molecule has 0 saturated carbocycles. The fourth-order valence-electron chi connectivity index (χ4n) is 2.26. The highest BCUT2D eigenvalue weighted by Gasteiger charge is 2.20. The van der Waals surface area contributed by atoms with Gasteiger partial charge in [0, 0.05) is 18.8 Å². The zero-order valence-corrected chi connectivity index (χ0v) is 11.9. The summed E-state index contributed by atoms with van der Waals surface area (Å²) in [6, 6.07) is 5.82. The second-order valence-electron chi connectivity index (χ2n) is 4.98. The van der Waals surface area contributed by atoms with Crippen molar-refractivity contribution in [3.63, 3.8) is 0 Å². The van der Waals surface area contributed by atoms with Crippen molar-refractivity contribution in [3.8, 4) is 0 Å². The van der Waals surface area contributed by atoms with Crippen molar-refractivity contribution < 1.29 is 14.3 Å². The topological polar surface area (TPSA) is 58.6 Å². The molecule has 1 saturated heterocycles. The maximum Gasteiger partial charge on any atom is 0.233 e. The highest BCUT2D eigenvalue weighted by atomic mass is 16.5. The molecular weight excluding hydrogens is 256 g/mol. The molecule has 2 amide bonds. The van der Waals surface area contributed by atoms with Gasteiger partial charge in [0.05, 0.1) is 13.2 Å². The maximum atomic E-state index is 12.0. The van der Waals surface area contributed by atoms with Gasteiger partial charge in [-0.2, -0.15) is 0 Å². The summed E-state index contributed by atoms with van der Waals surface area (Å²) in [7, 11) is 0. The Balaban J connectivity index is 1.93. The fraction of sp³-hybridized carbons (Fsp3) is 0.467. The number of anilines is 1. The molecule has 0 spiro atoms. The SMILES string of the molecule is Cc1cccc(C)c1NC(=O)CC(=O)N1CCOCC1. The number of morpholine rings is 1. The number of rotatable bonds is 3. The molecule has 1 aromatic rings. The van der Waals surface area contributed by atoms with E-state index in [0.29, 0.717) is 26.3 Å². The molecule has 0 aromatic heterocycles. The number of amides is 2. The number of carbonyl (C=O) groups is 2. The second-order valence-corrected chi connectivity index (χ2v) is 4.98. The van der Waals surface area contributed by atoms with Crippen molar-refractivity contribution in [3.05, 3.63) is 29.3 Å². The van der Waals surface area contributed by atoms with E-state index in [9.17, 15) is 9.59 Å². The molecular formula is C15H20N2O3. The van der Waals surface area contributed by atoms with Crippen LogP contribution >= 0.6 is 0 Å². The summed E-state index contributed by atoms with van der Waals surface area (Å²) >= 11 is 0. The average Bonchev–Trinajstić information content (AvgIpc) is 2.44. The third-order valence-electron chi connectivity index (χ3n) is 3.42. The van der Waals surface area contributed by atoms with Gasteiger partial charge >= 0.3 is 0 Å². The van der Waals surface area contributed by atoms with Crippen LogP contribution in [0.2, 0.25) is 0 Å². The van der Waals surface area contributed by atoms with Crippen LogP contribution < -0.4 is 5.32 Å². The van der Waals surface area contributed by atoms with Crippen LogP contribution in [0.5, 0.6) is 0 Å². The zero-order valence-electron chi connectivity index (χ0n) is 11.9. The molecule has 1 aromatic carbocycles. The first-order valence-corrected chi connectivity index (χ1v) is 6.79. The van der Waals surface area contributed by atoms with Crippen LogP contribution in [0.15, 0.2) is 18.2 Å². The summed E-state index contributed by atoms with van der Waals surface area (Å²) in [6.07, 6.45) is -0.117. The van der Waals surface area contributed by atoms with E-state index >= 15 is 0 Å². The van der Waals surface area contributed by atoms with Crippen LogP contribution in [0, 0.1) is 13.8 Å². The summed E-state index contributed by atoms with van der Waals surface area (Å²) < 4.78 is 5.19. The van der Waals surface area contributed by atoms with Crippen LogP contribution in [0.25, 0.3) is 0 Å². The average molecular weight is 276 g/mol. The Kier molecular flexibility index (Phi) is 4.74. The Labute approximate surface area is 118 Å². The molecule has 0 radical (unpaired) electrons. The quantitative estimate of drug-likeness (QED) is 0.851. The molecule has 0 atom stereocenters. The Bertz CT molecular complexity index is 488. The first-order valence-electron chi connectivity index (χ1n) is 6.79. The monoisotopic (exact) mass is 276 g/mol. The number of benzene rings is 1. The van der Waals surface area contributed by atoms with E-state index in [1.807, 2.05) is 32.0 Å². The van der Waals surface area contributed by atoms with Crippen LogP contribution in [-0.4, -0.2) is 43.0 Å². The first kappa shape index (κ1) is 14.5. The van der Waals surface area contributed by atoms with Gasteiger partial charge in [0.15, 0.2) is 0 Å². The summed E-state index contributed by atoms with van der Waals surface area (Å²) in [5, 5.41) is 2.83. The van der Waals surface area contributed by atoms with Crippen LogP contribution in [0.1, 0.15) is 17.5 Å². The lowest BCUT2D eigenvalue weighted by atomic mass is 10.1. The van der Waals surface area contributed by atoms with Crippen molar-refractivity contribution in [2.75, 3.05) is 31.6 Å². The molecule has 0 unspecified atom stereocenters. The van der Waals surface area contributed by atoms with Crippen molar-refractivity contribution in [1.29, 1.82) is 0 Å². The van der Waals surface area contributed by atoms with Gasteiger partial charge in [-0.25, -0.2) is 0 Å². The third kappa shape index (κ3) is 3.57. The Morgan fingerprint density at radius 2 is 1.80 bits per heavy atom. The Morgan fingerprint density at radius 3 is 2.40 bits per heavy atom. The summed E-state index contributed by atoms with van der Waals surface area (Å²) in [4.78, 5) is 25.6. The Hall–Kier alpha value is -1.88. The predicted octanol–water partition coefficient (Wildman–Crippen LogP) is 1.49. The highest BCUT2D eigenvalue weighted by Crippen LogP contribution is 2.19. The number of hydrogen-bond acceptors (Lipinski definition) is 3. The van der Waals surface area contributed by atoms with E-state index < -0.39 is 0 Å². The number of nitrogens with one attached hydrogen (secondary N) is 1. The van der Waals surface area contributed by atoms with Gasteiger partial charge in [0.1, 0.15) is 6.42 Å². The van der Waals surface area contributed by atoms with Gasteiger partial charge in [-0.05, 0) is 25.0 Å².